The molecule has 52 valence electrons. The Hall–Kier alpha value is -0.280. The highest BCUT2D eigenvalue weighted by Gasteiger charge is 2.11. The van der Waals surface area contributed by atoms with Gasteiger partial charge >= 0.3 is 5.37 Å². The fraction of sp³-hybridized carbons (Fsp3) is 0.800. The highest BCUT2D eigenvalue weighted by Crippen LogP contribution is 2.03. The topological polar surface area (TPSA) is 32.3 Å². The van der Waals surface area contributed by atoms with Crippen molar-refractivity contribution >= 4 is 17.0 Å². The fourth-order valence-corrected chi connectivity index (χ4v) is 1.07. The van der Waals surface area contributed by atoms with Gasteiger partial charge in [-0.15, -0.1) is 0 Å². The van der Waals surface area contributed by atoms with Crippen molar-refractivity contribution in [2.75, 3.05) is 13.1 Å². The van der Waals surface area contributed by atoms with Gasteiger partial charge in [0.05, 0.1) is 0 Å². The third-order valence-electron chi connectivity index (χ3n) is 1.35. The van der Waals surface area contributed by atoms with Gasteiger partial charge in [-0.2, -0.15) is 0 Å². The van der Waals surface area contributed by atoms with Gasteiger partial charge in [0, 0.05) is 13.1 Å². The van der Waals surface area contributed by atoms with Gasteiger partial charge in [0.1, 0.15) is 0 Å². The number of halogens is 1. The number of nitrogens with one attached hydrogen (secondary N) is 1. The Bertz CT molecular complexity index is 112. The van der Waals surface area contributed by atoms with Gasteiger partial charge in [-0.05, 0) is 24.4 Å². The number of rotatable bonds is 1. The van der Waals surface area contributed by atoms with Crippen molar-refractivity contribution in [3.63, 3.8) is 0 Å². The van der Waals surface area contributed by atoms with Crippen LogP contribution in [0.3, 0.4) is 0 Å². The molecular weight excluding hydrogens is 140 g/mol. The molecule has 0 spiro atoms. The Morgan fingerprint density at radius 1 is 1.44 bits per heavy atom. The molecule has 1 saturated heterocycles. The summed E-state index contributed by atoms with van der Waals surface area (Å²) in [6, 6.07) is 0. The molecule has 0 unspecified atom stereocenters. The summed E-state index contributed by atoms with van der Waals surface area (Å²) < 4.78 is 0. The van der Waals surface area contributed by atoms with Gasteiger partial charge in [0.15, 0.2) is 0 Å². The molecule has 3 nitrogen and oxygen atoms in total. The summed E-state index contributed by atoms with van der Waals surface area (Å²) in [4.78, 5) is 10.2. The summed E-state index contributed by atoms with van der Waals surface area (Å²) in [7, 11) is 0. The zero-order chi connectivity index (χ0) is 6.69. The van der Waals surface area contributed by atoms with Crippen LogP contribution in [0.1, 0.15) is 12.8 Å². The molecule has 0 aromatic carbocycles. The Morgan fingerprint density at radius 2 is 2.00 bits per heavy atom. The average Bonchev–Trinajstić information content (AvgIpc) is 2.15. The van der Waals surface area contributed by atoms with E-state index in [4.69, 9.17) is 11.6 Å². The lowest BCUT2D eigenvalue weighted by molar-refractivity contribution is 0.217. The highest BCUT2D eigenvalue weighted by molar-refractivity contribution is 6.62. The molecule has 1 aliphatic rings. The first-order chi connectivity index (χ1) is 4.29. The summed E-state index contributed by atoms with van der Waals surface area (Å²) in [5.41, 5.74) is 2.50. The van der Waals surface area contributed by atoms with Crippen LogP contribution >= 0.6 is 11.6 Å². The first-order valence-electron chi connectivity index (χ1n) is 3.00. The predicted molar refractivity (Wildman–Crippen MR) is 35.2 cm³/mol. The summed E-state index contributed by atoms with van der Waals surface area (Å²) in [6.45, 7) is 1.86. The van der Waals surface area contributed by atoms with E-state index in [0.717, 1.165) is 25.9 Å². The minimum atomic E-state index is -0.489. The minimum absolute atomic E-state index is 0.489. The zero-order valence-corrected chi connectivity index (χ0v) is 5.82. The first kappa shape index (κ1) is 6.83. The Balaban J connectivity index is 2.19. The van der Waals surface area contributed by atoms with Crippen LogP contribution in [0.2, 0.25) is 0 Å². The quantitative estimate of drug-likeness (QED) is 0.444. The summed E-state index contributed by atoms with van der Waals surface area (Å²) in [5, 5.41) is 1.34. The molecule has 0 aromatic rings. The van der Waals surface area contributed by atoms with E-state index in [1.807, 2.05) is 5.01 Å². The lowest BCUT2D eigenvalue weighted by Gasteiger charge is -2.12. The van der Waals surface area contributed by atoms with E-state index in [2.05, 4.69) is 5.43 Å². The molecule has 0 aromatic heterocycles. The van der Waals surface area contributed by atoms with Crippen LogP contribution < -0.4 is 5.43 Å². The lowest BCUT2D eigenvalue weighted by Crippen LogP contribution is -2.36. The van der Waals surface area contributed by atoms with Gasteiger partial charge in [-0.3, -0.25) is 10.2 Å². The molecule has 0 aliphatic carbocycles. The van der Waals surface area contributed by atoms with Gasteiger partial charge in [0.25, 0.3) is 0 Å². The van der Waals surface area contributed by atoms with Crippen LogP contribution in [0.25, 0.3) is 0 Å². The van der Waals surface area contributed by atoms with Crippen LogP contribution in [0.5, 0.6) is 0 Å². The standard InChI is InChI=1S/C5H9ClN2O/c6-5(9)7-8-3-1-2-4-8/h1-4H2,(H,7,9). The smallest absolute Gasteiger partial charge is 0.275 e. The normalized spacial score (nSPS) is 20.1. The maximum absolute atomic E-state index is 10.2. The first-order valence-corrected chi connectivity index (χ1v) is 3.38. The van der Waals surface area contributed by atoms with Gasteiger partial charge in [-0.1, -0.05) is 0 Å². The molecule has 9 heavy (non-hydrogen) atoms. The molecule has 0 saturated carbocycles. The second kappa shape index (κ2) is 3.03. The van der Waals surface area contributed by atoms with Gasteiger partial charge in [-0.25, -0.2) is 5.01 Å². The third-order valence-corrected chi connectivity index (χ3v) is 1.44. The molecule has 1 aliphatic heterocycles. The van der Waals surface area contributed by atoms with Crippen molar-refractivity contribution in [1.82, 2.24) is 10.4 Å². The van der Waals surface area contributed by atoms with Crippen molar-refractivity contribution in [2.45, 2.75) is 12.8 Å². The maximum Gasteiger partial charge on any atom is 0.328 e. The van der Waals surface area contributed by atoms with Crippen LogP contribution in [0.15, 0.2) is 0 Å². The van der Waals surface area contributed by atoms with Crippen molar-refractivity contribution in [2.24, 2.45) is 0 Å². The summed E-state index contributed by atoms with van der Waals surface area (Å²) in [5.74, 6) is 0. The predicted octanol–water partition coefficient (Wildman–Crippen LogP) is 0.946. The van der Waals surface area contributed by atoms with Crippen LogP contribution in [-0.2, 0) is 0 Å². The monoisotopic (exact) mass is 148 g/mol. The molecule has 4 heteroatoms. The number of hydrogen-bond acceptors (Lipinski definition) is 2. The molecular formula is C5H9ClN2O. The number of amides is 1. The third kappa shape index (κ3) is 2.20. The van der Waals surface area contributed by atoms with Crippen molar-refractivity contribution in [3.05, 3.63) is 0 Å². The Kier molecular flexibility index (Phi) is 2.30. The molecule has 0 atom stereocenters. The van der Waals surface area contributed by atoms with Gasteiger partial charge < -0.3 is 0 Å². The van der Waals surface area contributed by atoms with E-state index in [-0.39, 0.29) is 0 Å². The number of carbonyl (C=O) groups is 1. The van der Waals surface area contributed by atoms with Crippen LogP contribution in [0.4, 0.5) is 4.79 Å². The summed E-state index contributed by atoms with van der Waals surface area (Å²) in [6.07, 6.45) is 2.30. The number of hydrogen-bond donors (Lipinski definition) is 1. The van der Waals surface area contributed by atoms with E-state index in [0.29, 0.717) is 0 Å². The van der Waals surface area contributed by atoms with Crippen LogP contribution in [0, 0.1) is 0 Å². The maximum atomic E-state index is 10.2. The zero-order valence-electron chi connectivity index (χ0n) is 5.06. The summed E-state index contributed by atoms with van der Waals surface area (Å²) >= 11 is 5.07. The fourth-order valence-electron chi connectivity index (χ4n) is 0.953. The van der Waals surface area contributed by atoms with E-state index < -0.39 is 5.37 Å². The lowest BCUT2D eigenvalue weighted by atomic mass is 10.4. The van der Waals surface area contributed by atoms with E-state index in [1.54, 1.807) is 0 Å². The molecule has 1 N–H and O–H groups in total. The highest BCUT2D eigenvalue weighted by atomic mass is 35.5. The Morgan fingerprint density at radius 3 is 2.44 bits per heavy atom. The van der Waals surface area contributed by atoms with Crippen molar-refractivity contribution < 1.29 is 4.79 Å². The Labute approximate surface area is 58.9 Å². The second-order valence-electron chi connectivity index (χ2n) is 2.08. The largest absolute Gasteiger partial charge is 0.328 e. The van der Waals surface area contributed by atoms with Gasteiger partial charge in [0.2, 0.25) is 0 Å². The minimum Gasteiger partial charge on any atom is -0.275 e. The molecule has 1 fully saturated rings. The second-order valence-corrected chi connectivity index (χ2v) is 2.42. The van der Waals surface area contributed by atoms with E-state index in [1.165, 1.54) is 0 Å². The SMILES string of the molecule is O=C(Cl)NN1CCCC1. The van der Waals surface area contributed by atoms with Crippen molar-refractivity contribution in [3.8, 4) is 0 Å². The van der Waals surface area contributed by atoms with Crippen LogP contribution in [-0.4, -0.2) is 23.5 Å². The molecule has 1 rings (SSSR count). The number of hydrazine groups is 1. The molecule has 0 bridgehead atoms. The molecule has 1 amide bonds. The van der Waals surface area contributed by atoms with E-state index >= 15 is 0 Å². The number of nitrogens with zero attached hydrogens (tertiary/aromatic N) is 1. The molecule has 1 heterocycles. The van der Waals surface area contributed by atoms with Crippen molar-refractivity contribution in [1.29, 1.82) is 0 Å². The van der Waals surface area contributed by atoms with E-state index in [9.17, 15) is 4.79 Å². The average molecular weight is 149 g/mol. The molecule has 0 radical (unpaired) electrons. The number of carbonyl (C=O) groups excluding carboxylic acids is 1.